The molecule has 2 unspecified atom stereocenters. The van der Waals surface area contributed by atoms with Crippen molar-refractivity contribution in [2.24, 2.45) is 17.1 Å². The Morgan fingerprint density at radius 1 is 1.33 bits per heavy atom. The predicted molar refractivity (Wildman–Crippen MR) is 88.0 cm³/mol. The van der Waals surface area contributed by atoms with Crippen LogP contribution in [-0.2, 0) is 0 Å². The summed E-state index contributed by atoms with van der Waals surface area (Å²) in [5.41, 5.74) is 7.77. The van der Waals surface area contributed by atoms with Crippen molar-refractivity contribution in [3.63, 3.8) is 0 Å². The van der Waals surface area contributed by atoms with Gasteiger partial charge in [0.2, 0.25) is 0 Å². The van der Waals surface area contributed by atoms with Crippen molar-refractivity contribution in [1.82, 2.24) is 4.90 Å². The maximum absolute atomic E-state index is 9.14. The normalized spacial score (nSPS) is 22.2. The fourth-order valence-electron chi connectivity index (χ4n) is 3.50. The summed E-state index contributed by atoms with van der Waals surface area (Å²) >= 11 is 0. The average molecular weight is 290 g/mol. The van der Waals surface area contributed by atoms with Crippen LogP contribution in [0.25, 0.3) is 0 Å². The lowest BCUT2D eigenvalue weighted by molar-refractivity contribution is 0.0950. The van der Waals surface area contributed by atoms with Gasteiger partial charge in [0.25, 0.3) is 0 Å². The number of hydrogen-bond acceptors (Lipinski definition) is 3. The molecule has 2 atom stereocenters. The third kappa shape index (κ3) is 4.53. The van der Waals surface area contributed by atoms with E-state index in [0.29, 0.717) is 12.5 Å². The number of rotatable bonds is 6. The van der Waals surface area contributed by atoms with E-state index in [1.807, 2.05) is 6.07 Å². The second kappa shape index (κ2) is 7.39. The topological polar surface area (TPSA) is 49.5 Å². The number of nitrogens with zero attached hydrogens (tertiary/aromatic N) is 1. The third-order valence-corrected chi connectivity index (χ3v) is 4.77. The van der Waals surface area contributed by atoms with Gasteiger partial charge in [0.1, 0.15) is 0 Å². The molecule has 1 aromatic carbocycles. The van der Waals surface area contributed by atoms with E-state index in [1.165, 1.54) is 18.4 Å². The molecule has 3 nitrogen and oxygen atoms in total. The summed E-state index contributed by atoms with van der Waals surface area (Å²) in [6, 6.07) is 10.5. The third-order valence-electron chi connectivity index (χ3n) is 4.77. The van der Waals surface area contributed by atoms with Crippen LogP contribution in [0.3, 0.4) is 0 Å². The fraction of sp³-hybridized carbons (Fsp3) is 0.667. The van der Waals surface area contributed by atoms with Gasteiger partial charge >= 0.3 is 0 Å². The van der Waals surface area contributed by atoms with Crippen LogP contribution in [0.5, 0.6) is 0 Å². The predicted octanol–water partition coefficient (Wildman–Crippen LogP) is 2.81. The Hall–Kier alpha value is -0.900. The summed E-state index contributed by atoms with van der Waals surface area (Å²) < 4.78 is 0. The van der Waals surface area contributed by atoms with Crippen LogP contribution in [0.1, 0.15) is 44.7 Å². The zero-order chi connectivity index (χ0) is 15.3. The number of hydrogen-bond donors (Lipinski definition) is 2. The van der Waals surface area contributed by atoms with Crippen LogP contribution in [0.15, 0.2) is 30.3 Å². The van der Waals surface area contributed by atoms with Gasteiger partial charge in [0, 0.05) is 25.7 Å². The highest BCUT2D eigenvalue weighted by Crippen LogP contribution is 2.33. The van der Waals surface area contributed by atoms with E-state index in [-0.39, 0.29) is 11.5 Å². The number of benzene rings is 1. The molecule has 0 saturated carbocycles. The smallest absolute Gasteiger partial charge is 0.0434 e. The molecule has 118 valence electrons. The second-order valence-corrected chi connectivity index (χ2v) is 7.13. The molecule has 1 heterocycles. The molecule has 1 aliphatic rings. The molecular formula is C18H30N2O. The standard InChI is InChI=1S/C18H30N2O/c1-18(2,17(19)16-8-4-3-5-9-16)14-20-11-6-7-15(13-20)10-12-21/h3-5,8-9,15,17,21H,6-7,10-14,19H2,1-2H3. The first-order valence-corrected chi connectivity index (χ1v) is 8.16. The largest absolute Gasteiger partial charge is 0.396 e. The van der Waals surface area contributed by atoms with Crippen LogP contribution in [-0.4, -0.2) is 36.2 Å². The molecule has 3 N–H and O–H groups in total. The lowest BCUT2D eigenvalue weighted by Gasteiger charge is -2.40. The zero-order valence-corrected chi connectivity index (χ0v) is 13.5. The molecule has 0 spiro atoms. The molecule has 1 aliphatic heterocycles. The molecule has 0 radical (unpaired) electrons. The Labute approximate surface area is 129 Å². The van der Waals surface area contributed by atoms with Crippen molar-refractivity contribution in [3.05, 3.63) is 35.9 Å². The summed E-state index contributed by atoms with van der Waals surface area (Å²) in [6.45, 7) is 8.12. The summed E-state index contributed by atoms with van der Waals surface area (Å²) in [5, 5.41) is 9.14. The number of aliphatic hydroxyl groups excluding tert-OH is 1. The molecule has 0 aliphatic carbocycles. The molecule has 1 aromatic rings. The number of piperidine rings is 1. The minimum absolute atomic E-state index is 0.0441. The fourth-order valence-corrected chi connectivity index (χ4v) is 3.50. The van der Waals surface area contributed by atoms with E-state index < -0.39 is 0 Å². The maximum Gasteiger partial charge on any atom is 0.0434 e. The Morgan fingerprint density at radius 3 is 2.71 bits per heavy atom. The van der Waals surface area contributed by atoms with Crippen molar-refractivity contribution in [2.75, 3.05) is 26.2 Å². The molecule has 21 heavy (non-hydrogen) atoms. The highest BCUT2D eigenvalue weighted by atomic mass is 16.3. The lowest BCUT2D eigenvalue weighted by atomic mass is 9.80. The van der Waals surface area contributed by atoms with E-state index in [1.54, 1.807) is 0 Å². The van der Waals surface area contributed by atoms with Crippen LogP contribution in [0, 0.1) is 11.3 Å². The van der Waals surface area contributed by atoms with Crippen molar-refractivity contribution in [2.45, 2.75) is 39.2 Å². The Kier molecular flexibility index (Phi) is 5.80. The van der Waals surface area contributed by atoms with E-state index in [2.05, 4.69) is 43.0 Å². The van der Waals surface area contributed by atoms with Crippen LogP contribution >= 0.6 is 0 Å². The molecule has 1 saturated heterocycles. The van der Waals surface area contributed by atoms with E-state index >= 15 is 0 Å². The van der Waals surface area contributed by atoms with Crippen LogP contribution in [0.4, 0.5) is 0 Å². The highest BCUT2D eigenvalue weighted by molar-refractivity contribution is 5.20. The molecule has 0 bridgehead atoms. The van der Waals surface area contributed by atoms with Gasteiger partial charge in [-0.25, -0.2) is 0 Å². The van der Waals surface area contributed by atoms with Crippen molar-refractivity contribution >= 4 is 0 Å². The summed E-state index contributed by atoms with van der Waals surface area (Å²) in [6.07, 6.45) is 3.42. The van der Waals surface area contributed by atoms with Gasteiger partial charge in [-0.3, -0.25) is 0 Å². The number of aliphatic hydroxyl groups is 1. The number of likely N-dealkylation sites (tertiary alicyclic amines) is 1. The Morgan fingerprint density at radius 2 is 2.05 bits per heavy atom. The van der Waals surface area contributed by atoms with Crippen molar-refractivity contribution < 1.29 is 5.11 Å². The van der Waals surface area contributed by atoms with Gasteiger partial charge in [0.15, 0.2) is 0 Å². The van der Waals surface area contributed by atoms with Gasteiger partial charge in [-0.2, -0.15) is 0 Å². The zero-order valence-electron chi connectivity index (χ0n) is 13.5. The second-order valence-electron chi connectivity index (χ2n) is 7.13. The number of nitrogens with two attached hydrogens (primary N) is 1. The molecule has 2 rings (SSSR count). The minimum Gasteiger partial charge on any atom is -0.396 e. The first-order chi connectivity index (χ1) is 10.0. The van der Waals surface area contributed by atoms with Gasteiger partial charge in [0.05, 0.1) is 0 Å². The molecule has 3 heteroatoms. The van der Waals surface area contributed by atoms with Crippen LogP contribution in [0.2, 0.25) is 0 Å². The summed E-state index contributed by atoms with van der Waals surface area (Å²) in [4.78, 5) is 2.53. The molecule has 1 fully saturated rings. The van der Waals surface area contributed by atoms with E-state index in [0.717, 1.165) is 26.1 Å². The Balaban J connectivity index is 1.96. The van der Waals surface area contributed by atoms with Crippen LogP contribution < -0.4 is 5.73 Å². The van der Waals surface area contributed by atoms with Gasteiger partial charge in [-0.1, -0.05) is 44.2 Å². The first kappa shape index (κ1) is 16.5. The highest BCUT2D eigenvalue weighted by Gasteiger charge is 2.31. The summed E-state index contributed by atoms with van der Waals surface area (Å²) in [5.74, 6) is 0.646. The van der Waals surface area contributed by atoms with Gasteiger partial charge in [-0.15, -0.1) is 0 Å². The van der Waals surface area contributed by atoms with Crippen molar-refractivity contribution in [1.29, 1.82) is 0 Å². The van der Waals surface area contributed by atoms with E-state index in [9.17, 15) is 0 Å². The quantitative estimate of drug-likeness (QED) is 0.847. The lowest BCUT2D eigenvalue weighted by Crippen LogP contribution is -2.45. The first-order valence-electron chi connectivity index (χ1n) is 8.16. The molecule has 0 amide bonds. The SMILES string of the molecule is CC(C)(CN1CCCC(CCO)C1)C(N)c1ccccc1. The minimum atomic E-state index is 0.0441. The molecule has 0 aromatic heterocycles. The molecular weight excluding hydrogens is 260 g/mol. The van der Waals surface area contributed by atoms with Gasteiger partial charge in [-0.05, 0) is 42.7 Å². The van der Waals surface area contributed by atoms with Gasteiger partial charge < -0.3 is 15.7 Å². The Bertz CT molecular complexity index is 416. The maximum atomic E-state index is 9.14. The van der Waals surface area contributed by atoms with E-state index in [4.69, 9.17) is 10.8 Å². The average Bonchev–Trinajstić information content (AvgIpc) is 2.47. The monoisotopic (exact) mass is 290 g/mol. The van der Waals surface area contributed by atoms with Crippen molar-refractivity contribution in [3.8, 4) is 0 Å². The summed E-state index contributed by atoms with van der Waals surface area (Å²) in [7, 11) is 0.